The van der Waals surface area contributed by atoms with Gasteiger partial charge in [0.2, 0.25) is 6.33 Å². The summed E-state index contributed by atoms with van der Waals surface area (Å²) in [5.41, 5.74) is 7.63. The molecule has 0 aliphatic heterocycles. The number of rotatable bonds is 7. The van der Waals surface area contributed by atoms with E-state index in [9.17, 15) is 0 Å². The summed E-state index contributed by atoms with van der Waals surface area (Å²) in [5.74, 6) is 0. The Labute approximate surface area is 129 Å². The van der Waals surface area contributed by atoms with Crippen LogP contribution in [-0.2, 0) is 13.1 Å². The number of nitrogens with zero attached hydrogens (tertiary/aromatic N) is 2. The molecule has 0 radical (unpaired) electrons. The van der Waals surface area contributed by atoms with Crippen LogP contribution in [0.15, 0.2) is 43.0 Å². The summed E-state index contributed by atoms with van der Waals surface area (Å²) in [5, 5.41) is 12.2. The van der Waals surface area contributed by atoms with Gasteiger partial charge in [-0.05, 0) is 12.1 Å². The predicted octanol–water partition coefficient (Wildman–Crippen LogP) is -2.14. The molecule has 0 spiro atoms. The monoisotopic (exact) mass is 340 g/mol. The van der Waals surface area contributed by atoms with Crippen molar-refractivity contribution in [2.75, 3.05) is 24.2 Å². The fourth-order valence-corrected chi connectivity index (χ4v) is 1.96. The number of hydrogen-bond acceptors (Lipinski definition) is 3. The molecular formula is C14H21BrN4O. The number of imidazole rings is 1. The molecule has 0 saturated carbocycles. The molecule has 0 unspecified atom stereocenters. The van der Waals surface area contributed by atoms with Crippen molar-refractivity contribution in [3.8, 4) is 0 Å². The van der Waals surface area contributed by atoms with Crippen molar-refractivity contribution in [1.82, 2.24) is 4.57 Å². The highest BCUT2D eigenvalue weighted by Gasteiger charge is 2.02. The maximum absolute atomic E-state index is 8.84. The lowest BCUT2D eigenvalue weighted by atomic mass is 10.2. The third-order valence-electron chi connectivity index (χ3n) is 2.97. The lowest BCUT2D eigenvalue weighted by molar-refractivity contribution is -0.696. The second-order valence-corrected chi connectivity index (χ2v) is 4.48. The van der Waals surface area contributed by atoms with Gasteiger partial charge in [-0.15, -0.1) is 0 Å². The van der Waals surface area contributed by atoms with E-state index in [1.165, 1.54) is 0 Å². The minimum Gasteiger partial charge on any atom is -1.00 e. The van der Waals surface area contributed by atoms with Crippen LogP contribution in [0.2, 0.25) is 0 Å². The zero-order chi connectivity index (χ0) is 13.5. The van der Waals surface area contributed by atoms with Gasteiger partial charge in [-0.1, -0.05) is 12.1 Å². The number of hydrogen-bond donors (Lipinski definition) is 3. The molecule has 2 aromatic rings. The molecule has 1 aromatic carbocycles. The fraction of sp³-hybridized carbons (Fsp3) is 0.357. The Morgan fingerprint density at radius 1 is 1.30 bits per heavy atom. The number of aliphatic hydroxyl groups is 1. The summed E-state index contributed by atoms with van der Waals surface area (Å²) in [6, 6.07) is 7.79. The largest absolute Gasteiger partial charge is 1.00 e. The topological polar surface area (TPSA) is 67.1 Å². The Balaban J connectivity index is 0.00000200. The lowest BCUT2D eigenvalue weighted by Crippen LogP contribution is -3.00. The Morgan fingerprint density at radius 3 is 2.85 bits per heavy atom. The van der Waals surface area contributed by atoms with Crippen LogP contribution >= 0.6 is 0 Å². The van der Waals surface area contributed by atoms with Gasteiger partial charge in [0.1, 0.15) is 18.9 Å². The molecule has 20 heavy (non-hydrogen) atoms. The highest BCUT2D eigenvalue weighted by Crippen LogP contribution is 2.16. The van der Waals surface area contributed by atoms with E-state index in [0.717, 1.165) is 30.9 Å². The first-order valence-electron chi connectivity index (χ1n) is 6.53. The first-order chi connectivity index (χ1) is 9.29. The number of benzene rings is 1. The zero-order valence-electron chi connectivity index (χ0n) is 11.4. The molecule has 0 saturated heterocycles. The summed E-state index contributed by atoms with van der Waals surface area (Å²) < 4.78 is 4.09. The Bertz CT molecular complexity index is 515. The molecule has 0 aliphatic rings. The van der Waals surface area contributed by atoms with Crippen LogP contribution in [0.5, 0.6) is 0 Å². The van der Waals surface area contributed by atoms with Gasteiger partial charge in [0.25, 0.3) is 0 Å². The normalized spacial score (nSPS) is 10.1. The van der Waals surface area contributed by atoms with Crippen molar-refractivity contribution in [3.63, 3.8) is 0 Å². The summed E-state index contributed by atoms with van der Waals surface area (Å²) in [7, 11) is 0. The van der Waals surface area contributed by atoms with E-state index in [2.05, 4.69) is 9.88 Å². The molecule has 110 valence electrons. The second kappa shape index (κ2) is 8.60. The third kappa shape index (κ3) is 4.86. The molecule has 0 fully saturated rings. The van der Waals surface area contributed by atoms with E-state index < -0.39 is 0 Å². The highest BCUT2D eigenvalue weighted by atomic mass is 79.9. The van der Waals surface area contributed by atoms with Crippen LogP contribution in [-0.4, -0.2) is 22.8 Å². The second-order valence-electron chi connectivity index (χ2n) is 4.48. The number of nitrogens with one attached hydrogen (secondary N) is 1. The fourth-order valence-electron chi connectivity index (χ4n) is 1.96. The van der Waals surface area contributed by atoms with Crippen molar-refractivity contribution in [2.24, 2.45) is 0 Å². The lowest BCUT2D eigenvalue weighted by Gasteiger charge is -2.07. The number of anilines is 2. The van der Waals surface area contributed by atoms with Crippen molar-refractivity contribution < 1.29 is 26.7 Å². The number of aromatic nitrogens is 2. The smallest absolute Gasteiger partial charge is 0.243 e. The van der Waals surface area contributed by atoms with E-state index >= 15 is 0 Å². The molecule has 0 atom stereocenters. The molecule has 1 aromatic heterocycles. The minimum absolute atomic E-state index is 0. The van der Waals surface area contributed by atoms with Gasteiger partial charge in [-0.25, -0.2) is 9.13 Å². The number of nitrogens with two attached hydrogens (primary N) is 1. The first-order valence-corrected chi connectivity index (χ1v) is 6.53. The van der Waals surface area contributed by atoms with Crippen LogP contribution in [0.4, 0.5) is 11.4 Å². The maximum Gasteiger partial charge on any atom is 0.243 e. The quantitative estimate of drug-likeness (QED) is 0.306. The molecule has 0 amide bonds. The van der Waals surface area contributed by atoms with Gasteiger partial charge in [0.15, 0.2) is 0 Å². The maximum atomic E-state index is 8.84. The van der Waals surface area contributed by atoms with E-state index in [1.807, 2.05) is 47.6 Å². The van der Waals surface area contributed by atoms with Crippen LogP contribution in [0.1, 0.15) is 6.42 Å². The predicted molar refractivity (Wildman–Crippen MR) is 75.7 cm³/mol. The van der Waals surface area contributed by atoms with Crippen LogP contribution in [0.3, 0.4) is 0 Å². The Hall–Kier alpha value is -1.53. The van der Waals surface area contributed by atoms with Gasteiger partial charge in [0.05, 0.1) is 24.5 Å². The number of nitrogen functional groups attached to an aromatic ring is 1. The molecule has 5 nitrogen and oxygen atoms in total. The Morgan fingerprint density at radius 2 is 2.10 bits per heavy atom. The van der Waals surface area contributed by atoms with Crippen molar-refractivity contribution >= 4 is 11.4 Å². The average Bonchev–Trinajstić information content (AvgIpc) is 2.85. The van der Waals surface area contributed by atoms with Crippen LogP contribution in [0.25, 0.3) is 0 Å². The zero-order valence-corrected chi connectivity index (χ0v) is 13.0. The van der Waals surface area contributed by atoms with Gasteiger partial charge < -0.3 is 33.1 Å². The minimum atomic E-state index is 0. The van der Waals surface area contributed by atoms with Crippen molar-refractivity contribution in [1.29, 1.82) is 0 Å². The van der Waals surface area contributed by atoms with Gasteiger partial charge in [-0.3, -0.25) is 0 Å². The number of para-hydroxylation sites is 2. The first kappa shape index (κ1) is 16.5. The third-order valence-corrected chi connectivity index (χ3v) is 2.97. The average molecular weight is 341 g/mol. The summed E-state index contributed by atoms with van der Waals surface area (Å²) in [4.78, 5) is 0. The van der Waals surface area contributed by atoms with E-state index in [0.29, 0.717) is 6.54 Å². The molecule has 1 heterocycles. The highest BCUT2D eigenvalue weighted by molar-refractivity contribution is 5.65. The van der Waals surface area contributed by atoms with E-state index in [4.69, 9.17) is 10.8 Å². The molecular weight excluding hydrogens is 320 g/mol. The Kier molecular flexibility index (Phi) is 7.11. The van der Waals surface area contributed by atoms with Crippen LogP contribution < -0.4 is 32.6 Å². The SMILES string of the molecule is Nc1ccccc1NCCC[n+]1ccn(CCO)c1.[Br-]. The molecule has 2 rings (SSSR count). The summed E-state index contributed by atoms with van der Waals surface area (Å²) >= 11 is 0. The summed E-state index contributed by atoms with van der Waals surface area (Å²) in [6.45, 7) is 2.64. The number of aryl methyl sites for hydroxylation is 1. The van der Waals surface area contributed by atoms with Gasteiger partial charge >= 0.3 is 0 Å². The molecule has 6 heteroatoms. The standard InChI is InChI=1S/C14H21N4O.BrH/c15-13-4-1-2-5-14(13)16-6-3-7-17-8-9-18(12-17)10-11-19;/h1-2,4-5,8-9,12,16,19H,3,6-7,10-11,15H2;1H/q+1;/p-1. The summed E-state index contributed by atoms with van der Waals surface area (Å²) in [6.07, 6.45) is 7.01. The van der Waals surface area contributed by atoms with Crippen molar-refractivity contribution in [2.45, 2.75) is 19.5 Å². The van der Waals surface area contributed by atoms with Crippen molar-refractivity contribution in [3.05, 3.63) is 43.0 Å². The van der Waals surface area contributed by atoms with E-state index in [-0.39, 0.29) is 23.6 Å². The van der Waals surface area contributed by atoms with Gasteiger partial charge in [-0.2, -0.15) is 0 Å². The van der Waals surface area contributed by atoms with Crippen LogP contribution in [0, 0.1) is 0 Å². The van der Waals surface area contributed by atoms with E-state index in [1.54, 1.807) is 0 Å². The molecule has 0 aliphatic carbocycles. The number of aliphatic hydroxyl groups excluding tert-OH is 1. The molecule has 4 N–H and O–H groups in total. The van der Waals surface area contributed by atoms with Gasteiger partial charge in [0, 0.05) is 13.0 Å². The number of halogens is 1. The molecule has 0 bridgehead atoms.